The summed E-state index contributed by atoms with van der Waals surface area (Å²) >= 11 is 0. The Morgan fingerprint density at radius 1 is 0.571 bits per heavy atom. The zero-order chi connectivity index (χ0) is 24.7. The van der Waals surface area contributed by atoms with E-state index in [1.54, 1.807) is 21.3 Å². The van der Waals surface area contributed by atoms with E-state index < -0.39 is 0 Å². The van der Waals surface area contributed by atoms with Gasteiger partial charge in [0.15, 0.2) is 0 Å². The summed E-state index contributed by atoms with van der Waals surface area (Å²) in [5.74, 6) is 0. The van der Waals surface area contributed by atoms with Crippen molar-refractivity contribution in [2.75, 3.05) is 126 Å². The maximum absolute atomic E-state index is 4.25. The lowest BCUT2D eigenvalue weighted by molar-refractivity contribution is 0.277. The van der Waals surface area contributed by atoms with Crippen LogP contribution in [-0.2, 0) is 4.74 Å². The fraction of sp³-hybridized carbons (Fsp3) is 0.952. The highest BCUT2D eigenvalue weighted by molar-refractivity contribution is 5.22. The molecule has 0 bridgehead atoms. The second-order valence-corrected chi connectivity index (χ2v) is 7.54. The lowest BCUT2D eigenvalue weighted by atomic mass is 10.7. The fourth-order valence-corrected chi connectivity index (χ4v) is 0. The Balaban J connectivity index is -0.0000000371. The third-order valence-corrected chi connectivity index (χ3v) is 1.26. The molecule has 0 aliphatic carbocycles. The van der Waals surface area contributed by atoms with Crippen molar-refractivity contribution >= 4 is 6.72 Å². The zero-order valence-corrected chi connectivity index (χ0v) is 23.2. The van der Waals surface area contributed by atoms with Crippen LogP contribution in [-0.4, -0.2) is 157 Å². The Morgan fingerprint density at radius 3 is 0.607 bits per heavy atom. The summed E-state index contributed by atoms with van der Waals surface area (Å²) in [5, 5.41) is 0. The van der Waals surface area contributed by atoms with Gasteiger partial charge in [-0.3, -0.25) is 0 Å². The molecular formula is C21H60N6O. The van der Waals surface area contributed by atoms with E-state index in [9.17, 15) is 0 Å². The molecule has 0 saturated heterocycles. The first-order valence-corrected chi connectivity index (χ1v) is 9.44. The van der Waals surface area contributed by atoms with Crippen molar-refractivity contribution in [2.45, 2.75) is 13.8 Å². The maximum atomic E-state index is 4.25. The summed E-state index contributed by atoms with van der Waals surface area (Å²) in [7, 11) is 31.1. The van der Waals surface area contributed by atoms with Gasteiger partial charge >= 0.3 is 0 Å². The van der Waals surface area contributed by atoms with Crippen molar-refractivity contribution in [1.82, 2.24) is 24.5 Å². The highest BCUT2D eigenvalue weighted by atomic mass is 16.4. The van der Waals surface area contributed by atoms with Gasteiger partial charge in [-0.15, -0.1) is 0 Å². The minimum absolute atomic E-state index is 1.14. The summed E-state index contributed by atoms with van der Waals surface area (Å²) < 4.78 is 4.25. The molecule has 0 aliphatic rings. The van der Waals surface area contributed by atoms with Gasteiger partial charge in [0, 0.05) is 21.3 Å². The minimum atomic E-state index is 1.14. The number of rotatable bonds is 2. The van der Waals surface area contributed by atoms with E-state index >= 15 is 0 Å². The van der Waals surface area contributed by atoms with Crippen LogP contribution in [0, 0.1) is 0 Å². The van der Waals surface area contributed by atoms with E-state index in [2.05, 4.69) is 68.3 Å². The minimum Gasteiger partial charge on any atom is -0.388 e. The van der Waals surface area contributed by atoms with Crippen LogP contribution in [0.15, 0.2) is 4.99 Å². The molecule has 0 unspecified atom stereocenters. The Hall–Kier alpha value is -0.570. The third-order valence-electron chi connectivity index (χ3n) is 1.26. The molecule has 0 aliphatic heterocycles. The summed E-state index contributed by atoms with van der Waals surface area (Å²) in [4.78, 5) is 13.5. The number of hydrogen-bond acceptors (Lipinski definition) is 7. The topological polar surface area (TPSA) is 37.8 Å². The molecule has 0 rings (SSSR count). The molecule has 0 saturated carbocycles. The van der Waals surface area contributed by atoms with Crippen LogP contribution in [0.2, 0.25) is 0 Å². The van der Waals surface area contributed by atoms with Crippen molar-refractivity contribution in [3.05, 3.63) is 0 Å². The van der Waals surface area contributed by atoms with Crippen molar-refractivity contribution in [3.8, 4) is 0 Å². The monoisotopic (exact) mass is 412 g/mol. The van der Waals surface area contributed by atoms with E-state index in [1.165, 1.54) is 0 Å². The van der Waals surface area contributed by atoms with E-state index in [-0.39, 0.29) is 0 Å². The Labute approximate surface area is 181 Å². The third kappa shape index (κ3) is 1290. The first-order valence-electron chi connectivity index (χ1n) is 9.44. The largest absolute Gasteiger partial charge is 0.388 e. The van der Waals surface area contributed by atoms with Crippen LogP contribution in [0.25, 0.3) is 0 Å². The van der Waals surface area contributed by atoms with Crippen LogP contribution in [0.1, 0.15) is 13.8 Å². The molecule has 28 heavy (non-hydrogen) atoms. The molecule has 0 heterocycles. The van der Waals surface area contributed by atoms with Gasteiger partial charge in [-0.2, -0.15) is 0 Å². The second-order valence-electron chi connectivity index (χ2n) is 7.54. The predicted molar refractivity (Wildman–Crippen MR) is 136 cm³/mol. The summed E-state index contributed by atoms with van der Waals surface area (Å²) in [6, 6.07) is 0. The van der Waals surface area contributed by atoms with Crippen LogP contribution in [0.5, 0.6) is 0 Å². The average Bonchev–Trinajstić information content (AvgIpc) is 2.47. The van der Waals surface area contributed by atoms with Gasteiger partial charge < -0.3 is 34.2 Å². The molecule has 0 N–H and O–H groups in total. The number of nitrogens with zero attached hydrogens (tertiary/aromatic N) is 6. The van der Waals surface area contributed by atoms with Crippen LogP contribution in [0.4, 0.5) is 0 Å². The molecule has 0 spiro atoms. The molecule has 0 fully saturated rings. The van der Waals surface area contributed by atoms with E-state index in [0.717, 1.165) is 13.1 Å². The highest BCUT2D eigenvalue weighted by Gasteiger charge is 1.72. The zero-order valence-electron chi connectivity index (χ0n) is 23.2. The molecular weight excluding hydrogens is 352 g/mol. The van der Waals surface area contributed by atoms with Crippen molar-refractivity contribution in [1.29, 1.82) is 0 Å². The summed E-state index contributed by atoms with van der Waals surface area (Å²) in [5.41, 5.74) is 0. The molecule has 0 aromatic carbocycles. The number of methoxy groups -OCH3 is 1. The lowest BCUT2D eigenvalue weighted by Gasteiger charge is -2.00. The number of aliphatic imine (C=N–C) groups is 1. The van der Waals surface area contributed by atoms with Crippen molar-refractivity contribution in [2.24, 2.45) is 4.99 Å². The molecule has 0 aromatic rings. The van der Waals surface area contributed by atoms with Gasteiger partial charge in [-0.25, -0.2) is 0 Å². The van der Waals surface area contributed by atoms with Gasteiger partial charge in [0.1, 0.15) is 0 Å². The van der Waals surface area contributed by atoms with Gasteiger partial charge in [0.2, 0.25) is 0 Å². The molecule has 0 radical (unpaired) electrons. The van der Waals surface area contributed by atoms with Crippen LogP contribution < -0.4 is 0 Å². The Bertz CT molecular complexity index is 169. The Morgan fingerprint density at radius 2 is 0.607 bits per heavy atom. The van der Waals surface area contributed by atoms with E-state index in [1.807, 2.05) is 78.1 Å². The molecule has 0 amide bonds. The first-order chi connectivity index (χ1) is 12.6. The molecule has 0 aromatic heterocycles. The smallest absolute Gasteiger partial charge is 0.0351 e. The molecule has 180 valence electrons. The Kier molecular flexibility index (Phi) is 82.5. The lowest BCUT2D eigenvalue weighted by Crippen LogP contribution is -2.08. The van der Waals surface area contributed by atoms with Gasteiger partial charge in [-0.1, -0.05) is 13.8 Å². The number of ether oxygens (including phenoxy) is 1. The predicted octanol–water partition coefficient (Wildman–Crippen LogP) is 2.25. The van der Waals surface area contributed by atoms with Crippen LogP contribution in [0.3, 0.4) is 0 Å². The maximum Gasteiger partial charge on any atom is 0.0351 e. The fourth-order valence-electron chi connectivity index (χ4n) is 0. The normalized spacial score (nSPS) is 8.39. The van der Waals surface area contributed by atoms with Gasteiger partial charge in [-0.05, 0) is 111 Å². The van der Waals surface area contributed by atoms with E-state index in [4.69, 9.17) is 0 Å². The average molecular weight is 413 g/mol. The van der Waals surface area contributed by atoms with Crippen LogP contribution >= 0.6 is 0 Å². The molecule has 7 nitrogen and oxygen atoms in total. The van der Waals surface area contributed by atoms with Crippen molar-refractivity contribution < 1.29 is 4.74 Å². The first kappa shape index (κ1) is 45.9. The molecule has 7 heteroatoms. The van der Waals surface area contributed by atoms with E-state index in [0.29, 0.717) is 0 Å². The number of hydrogen-bond donors (Lipinski definition) is 0. The SMILES string of the molecule is C=NC.CCN(C)C.CCN(C)C.CN(C)C.CN(C)C.CN(C)C.COC. The summed E-state index contributed by atoms with van der Waals surface area (Å²) in [6.45, 7) is 9.64. The van der Waals surface area contributed by atoms with Gasteiger partial charge in [0.25, 0.3) is 0 Å². The van der Waals surface area contributed by atoms with Gasteiger partial charge in [0.05, 0.1) is 0 Å². The molecule has 0 atom stereocenters. The van der Waals surface area contributed by atoms with Crippen molar-refractivity contribution in [3.63, 3.8) is 0 Å². The highest BCUT2D eigenvalue weighted by Crippen LogP contribution is 1.64. The summed E-state index contributed by atoms with van der Waals surface area (Å²) in [6.07, 6.45) is 0. The standard InChI is InChI=1S/2C4H11N.3C3H9N.C2H5N.C2H6O/c2*1-4-5(2)3;3*1-4(2)3;2*1-3-2/h2*4H2,1-3H3;3*1-3H3;1H2,2H3;1-2H3. The second kappa shape index (κ2) is 50.3. The quantitative estimate of drug-likeness (QED) is 0.648.